The van der Waals surface area contributed by atoms with Crippen LogP contribution in [-0.4, -0.2) is 27.2 Å². The van der Waals surface area contributed by atoms with Crippen LogP contribution in [0.2, 0.25) is 0 Å². The van der Waals surface area contributed by atoms with Gasteiger partial charge in [0.05, 0.1) is 0 Å². The van der Waals surface area contributed by atoms with Crippen molar-refractivity contribution in [3.05, 3.63) is 95.9 Å². The minimum absolute atomic E-state index is 0.104. The van der Waals surface area contributed by atoms with Gasteiger partial charge in [-0.1, -0.05) is 47.6 Å². The number of hydrogen-bond acceptors (Lipinski definition) is 7. The molecule has 1 aliphatic carbocycles. The number of aromatic nitrogens is 2. The van der Waals surface area contributed by atoms with Gasteiger partial charge in [0.2, 0.25) is 0 Å². The fourth-order valence-electron chi connectivity index (χ4n) is 4.83. The molecule has 1 heterocycles. The number of amides is 1. The molecule has 1 amide bonds. The van der Waals surface area contributed by atoms with Crippen LogP contribution in [-0.2, 0) is 11.4 Å². The molecule has 0 aliphatic heterocycles. The number of rotatable bonds is 10. The zero-order valence-corrected chi connectivity index (χ0v) is 21.4. The molecule has 9 heteroatoms. The van der Waals surface area contributed by atoms with Crippen molar-refractivity contribution in [3.63, 3.8) is 0 Å². The normalized spacial score (nSPS) is 16.8. The summed E-state index contributed by atoms with van der Waals surface area (Å²) in [4.78, 5) is 23.6. The first-order chi connectivity index (χ1) is 19.0. The number of benzene rings is 3. The summed E-state index contributed by atoms with van der Waals surface area (Å²) in [6.07, 6.45) is 4.06. The molecule has 39 heavy (non-hydrogen) atoms. The van der Waals surface area contributed by atoms with Gasteiger partial charge in [0.1, 0.15) is 12.4 Å². The van der Waals surface area contributed by atoms with E-state index in [9.17, 15) is 9.59 Å². The average Bonchev–Trinajstić information content (AvgIpc) is 3.43. The minimum Gasteiger partial charge on any atom is -0.489 e. The van der Waals surface area contributed by atoms with Gasteiger partial charge in [-0.15, -0.1) is 5.10 Å². The predicted octanol–water partition coefficient (Wildman–Crippen LogP) is 6.39. The van der Waals surface area contributed by atoms with Crippen LogP contribution in [0.4, 0.5) is 17.4 Å². The van der Waals surface area contributed by atoms with Crippen LogP contribution in [0.3, 0.4) is 0 Å². The number of hydrogen-bond donors (Lipinski definition) is 3. The van der Waals surface area contributed by atoms with Gasteiger partial charge in [-0.3, -0.25) is 9.59 Å². The van der Waals surface area contributed by atoms with Crippen LogP contribution in [0, 0.1) is 5.92 Å². The van der Waals surface area contributed by atoms with E-state index in [1.165, 1.54) is 5.56 Å². The van der Waals surface area contributed by atoms with E-state index in [1.807, 2.05) is 78.9 Å². The van der Waals surface area contributed by atoms with Crippen LogP contribution >= 0.6 is 0 Å². The highest BCUT2D eigenvalue weighted by molar-refractivity contribution is 6.00. The summed E-state index contributed by atoms with van der Waals surface area (Å²) in [5.74, 6) is 0.0371. The molecule has 0 unspecified atom stereocenters. The zero-order valence-electron chi connectivity index (χ0n) is 21.4. The number of nitrogens with one attached hydrogen (secondary N) is 2. The summed E-state index contributed by atoms with van der Waals surface area (Å²) >= 11 is 0. The highest BCUT2D eigenvalue weighted by atomic mass is 16.5. The van der Waals surface area contributed by atoms with Gasteiger partial charge in [-0.05, 0) is 85.0 Å². The van der Waals surface area contributed by atoms with Gasteiger partial charge in [0.15, 0.2) is 0 Å². The van der Waals surface area contributed by atoms with Crippen molar-refractivity contribution in [2.24, 2.45) is 5.92 Å². The second-order valence-electron chi connectivity index (χ2n) is 9.73. The second-order valence-corrected chi connectivity index (χ2v) is 9.73. The van der Waals surface area contributed by atoms with Crippen LogP contribution in [0.5, 0.6) is 5.75 Å². The number of ether oxygens (including phenoxy) is 1. The lowest BCUT2D eigenvalue weighted by molar-refractivity contribution is -0.138. The van der Waals surface area contributed by atoms with Gasteiger partial charge < -0.3 is 24.9 Å². The van der Waals surface area contributed by atoms with Crippen molar-refractivity contribution in [3.8, 4) is 5.75 Å². The van der Waals surface area contributed by atoms with Crippen molar-refractivity contribution in [1.29, 1.82) is 0 Å². The number of carbonyl (C=O) groups is 2. The Labute approximate surface area is 226 Å². The zero-order chi connectivity index (χ0) is 27.0. The maximum absolute atomic E-state index is 12.6. The summed E-state index contributed by atoms with van der Waals surface area (Å²) in [6.45, 7) is 0.480. The molecule has 0 saturated heterocycles. The molecule has 200 valence electrons. The van der Waals surface area contributed by atoms with Crippen molar-refractivity contribution in [1.82, 2.24) is 10.2 Å². The van der Waals surface area contributed by atoms with Crippen LogP contribution in [0.15, 0.2) is 83.3 Å². The number of carboxylic acid groups (broad SMARTS) is 1. The Kier molecular flexibility index (Phi) is 8.16. The maximum Gasteiger partial charge on any atom is 0.320 e. The van der Waals surface area contributed by atoms with E-state index < -0.39 is 11.9 Å². The average molecular weight is 527 g/mol. The van der Waals surface area contributed by atoms with E-state index in [0.717, 1.165) is 37.0 Å². The van der Waals surface area contributed by atoms with E-state index in [0.29, 0.717) is 23.9 Å². The topological polar surface area (TPSA) is 127 Å². The molecule has 5 rings (SSSR count). The first-order valence-corrected chi connectivity index (χ1v) is 13.0. The van der Waals surface area contributed by atoms with Gasteiger partial charge in [-0.25, -0.2) is 0 Å². The lowest BCUT2D eigenvalue weighted by atomic mass is 9.77. The van der Waals surface area contributed by atoms with E-state index in [2.05, 4.69) is 20.8 Å². The van der Waals surface area contributed by atoms with E-state index in [4.69, 9.17) is 14.3 Å². The second kappa shape index (κ2) is 12.3. The van der Waals surface area contributed by atoms with Crippen LogP contribution < -0.4 is 15.4 Å². The SMILES string of the molecule is O=C(O)CC1CCC(c2ccc(NC(=O)c3nnc(Nc4ccc(OCc5ccccc5)cc4)o3)cc2)CC1. The molecule has 3 N–H and O–H groups in total. The van der Waals surface area contributed by atoms with Crippen molar-refractivity contribution >= 4 is 29.3 Å². The quantitative estimate of drug-likeness (QED) is 0.217. The molecule has 9 nitrogen and oxygen atoms in total. The summed E-state index contributed by atoms with van der Waals surface area (Å²) in [6, 6.07) is 25.1. The van der Waals surface area contributed by atoms with E-state index in [-0.39, 0.29) is 24.2 Å². The molecular formula is C30H30N4O5. The third-order valence-electron chi connectivity index (χ3n) is 6.92. The van der Waals surface area contributed by atoms with Gasteiger partial charge >= 0.3 is 23.8 Å². The van der Waals surface area contributed by atoms with Gasteiger partial charge in [-0.2, -0.15) is 0 Å². The number of aliphatic carboxylic acids is 1. The molecule has 1 aliphatic rings. The Bertz CT molecular complexity index is 1380. The molecule has 0 radical (unpaired) electrons. The molecule has 0 spiro atoms. The largest absolute Gasteiger partial charge is 0.489 e. The Balaban J connectivity index is 1.10. The highest BCUT2D eigenvalue weighted by Crippen LogP contribution is 2.37. The number of nitrogens with zero attached hydrogens (tertiary/aromatic N) is 2. The van der Waals surface area contributed by atoms with Crippen LogP contribution in [0.1, 0.15) is 59.8 Å². The summed E-state index contributed by atoms with van der Waals surface area (Å²) < 4.78 is 11.3. The molecular weight excluding hydrogens is 496 g/mol. The lowest BCUT2D eigenvalue weighted by Crippen LogP contribution is -2.16. The van der Waals surface area contributed by atoms with Gasteiger partial charge in [0, 0.05) is 17.8 Å². The molecule has 1 fully saturated rings. The Morgan fingerprint density at radius 1 is 0.872 bits per heavy atom. The lowest BCUT2D eigenvalue weighted by Gasteiger charge is -2.28. The molecule has 0 bridgehead atoms. The fraction of sp³-hybridized carbons (Fsp3) is 0.267. The van der Waals surface area contributed by atoms with E-state index >= 15 is 0 Å². The van der Waals surface area contributed by atoms with Crippen molar-refractivity contribution < 1.29 is 23.8 Å². The van der Waals surface area contributed by atoms with Crippen molar-refractivity contribution in [2.75, 3.05) is 10.6 Å². The highest BCUT2D eigenvalue weighted by Gasteiger charge is 2.24. The predicted molar refractivity (Wildman–Crippen MR) is 146 cm³/mol. The first-order valence-electron chi connectivity index (χ1n) is 13.0. The first kappa shape index (κ1) is 26.0. The third-order valence-corrected chi connectivity index (χ3v) is 6.92. The maximum atomic E-state index is 12.6. The Hall–Kier alpha value is -4.66. The third kappa shape index (κ3) is 7.22. The number of anilines is 3. The molecule has 1 aromatic heterocycles. The monoisotopic (exact) mass is 526 g/mol. The number of carbonyl (C=O) groups excluding carboxylic acids is 1. The molecule has 0 atom stereocenters. The molecule has 3 aromatic carbocycles. The molecule has 4 aromatic rings. The Morgan fingerprint density at radius 2 is 1.56 bits per heavy atom. The minimum atomic E-state index is -0.721. The Morgan fingerprint density at radius 3 is 2.26 bits per heavy atom. The standard InChI is InChI=1S/C30H30N4O5/c35-27(36)18-20-6-8-22(9-7-20)23-10-12-24(13-11-23)31-28(37)29-33-34-30(39-29)32-25-14-16-26(17-15-25)38-19-21-4-2-1-3-5-21/h1-5,10-17,20,22H,6-9,18-19H2,(H,31,37)(H,32,34)(H,35,36). The summed E-state index contributed by atoms with van der Waals surface area (Å²) in [5.41, 5.74) is 3.62. The van der Waals surface area contributed by atoms with Crippen LogP contribution in [0.25, 0.3) is 0 Å². The van der Waals surface area contributed by atoms with E-state index in [1.54, 1.807) is 0 Å². The van der Waals surface area contributed by atoms with Crippen molar-refractivity contribution in [2.45, 2.75) is 44.6 Å². The smallest absolute Gasteiger partial charge is 0.320 e. The molecule has 1 saturated carbocycles. The number of carboxylic acids is 1. The fourth-order valence-corrected chi connectivity index (χ4v) is 4.83. The van der Waals surface area contributed by atoms with Gasteiger partial charge in [0.25, 0.3) is 0 Å². The summed E-state index contributed by atoms with van der Waals surface area (Å²) in [7, 11) is 0. The summed E-state index contributed by atoms with van der Waals surface area (Å²) in [5, 5.41) is 22.5.